The van der Waals surface area contributed by atoms with Crippen LogP contribution in [-0.2, 0) is 18.9 Å². The molecular weight excluding hydrogens is 412 g/mol. The van der Waals surface area contributed by atoms with Crippen LogP contribution in [0, 0.1) is 18.3 Å². The van der Waals surface area contributed by atoms with Crippen molar-refractivity contribution in [3.05, 3.63) is 70.9 Å². The van der Waals surface area contributed by atoms with Gasteiger partial charge in [-0.3, -0.25) is 0 Å². The molecular formula is C19H13F6N5. The van der Waals surface area contributed by atoms with Gasteiger partial charge in [0.2, 0.25) is 0 Å². The van der Waals surface area contributed by atoms with Crippen molar-refractivity contribution in [2.24, 2.45) is 0 Å². The van der Waals surface area contributed by atoms with Crippen molar-refractivity contribution in [3.8, 4) is 11.8 Å². The number of rotatable bonds is 4. The summed E-state index contributed by atoms with van der Waals surface area (Å²) in [6, 6.07) is 8.36. The Bertz CT molecular complexity index is 1090. The van der Waals surface area contributed by atoms with Crippen molar-refractivity contribution in [2.75, 3.05) is 5.32 Å². The minimum atomic E-state index is -5.16. The Morgan fingerprint density at radius 3 is 2.30 bits per heavy atom. The monoisotopic (exact) mass is 425 g/mol. The standard InChI is InChI=1S/C19H13F6N5/c1-11-2-4-12(5-3-11)30-7-6-27-16(30)10-28-17-13(9-26)14(18(20,21)22)8-15(29-17)19(23,24)25/h2-8H,10H2,1H3,(H,28,29). The third-order valence-corrected chi connectivity index (χ3v) is 4.17. The second-order valence-electron chi connectivity index (χ2n) is 6.29. The molecule has 2 heterocycles. The van der Waals surface area contributed by atoms with Gasteiger partial charge in [-0.1, -0.05) is 17.7 Å². The summed E-state index contributed by atoms with van der Waals surface area (Å²) in [5.74, 6) is -0.520. The summed E-state index contributed by atoms with van der Waals surface area (Å²) in [6.07, 6.45) is -7.26. The lowest BCUT2D eigenvalue weighted by Crippen LogP contribution is -2.18. The van der Waals surface area contributed by atoms with E-state index < -0.39 is 35.0 Å². The molecule has 1 aromatic carbocycles. The zero-order valence-electron chi connectivity index (χ0n) is 15.3. The predicted octanol–water partition coefficient (Wildman–Crippen LogP) is 5.10. The number of aryl methyl sites for hydroxylation is 1. The van der Waals surface area contributed by atoms with E-state index in [-0.39, 0.29) is 12.6 Å². The van der Waals surface area contributed by atoms with Gasteiger partial charge in [0.1, 0.15) is 29.0 Å². The first-order valence-corrected chi connectivity index (χ1v) is 8.43. The van der Waals surface area contributed by atoms with E-state index in [1.54, 1.807) is 22.9 Å². The maximum Gasteiger partial charge on any atom is 0.433 e. The smallest absolute Gasteiger partial charge is 0.362 e. The Balaban J connectivity index is 1.99. The fourth-order valence-electron chi connectivity index (χ4n) is 2.72. The first kappa shape index (κ1) is 21.2. The molecule has 156 valence electrons. The number of pyridine rings is 1. The van der Waals surface area contributed by atoms with Crippen LogP contribution < -0.4 is 5.32 Å². The largest absolute Gasteiger partial charge is 0.433 e. The fourth-order valence-corrected chi connectivity index (χ4v) is 2.72. The second kappa shape index (κ2) is 7.70. The molecule has 2 aromatic heterocycles. The molecule has 5 nitrogen and oxygen atoms in total. The van der Waals surface area contributed by atoms with Gasteiger partial charge in [0.25, 0.3) is 0 Å². The number of nitrogens with one attached hydrogen (secondary N) is 1. The zero-order valence-corrected chi connectivity index (χ0v) is 15.3. The van der Waals surface area contributed by atoms with Gasteiger partial charge < -0.3 is 9.88 Å². The molecule has 0 aliphatic carbocycles. The fraction of sp³-hybridized carbons (Fsp3) is 0.211. The Hall–Kier alpha value is -3.55. The Labute approximate surface area is 166 Å². The number of nitrogens with zero attached hydrogens (tertiary/aromatic N) is 4. The average molecular weight is 425 g/mol. The van der Waals surface area contributed by atoms with E-state index in [0.717, 1.165) is 5.56 Å². The van der Waals surface area contributed by atoms with E-state index in [2.05, 4.69) is 15.3 Å². The molecule has 0 unspecified atom stereocenters. The molecule has 0 radical (unpaired) electrons. The quantitative estimate of drug-likeness (QED) is 0.591. The lowest BCUT2D eigenvalue weighted by molar-refractivity contribution is -0.145. The Morgan fingerprint density at radius 1 is 1.07 bits per heavy atom. The maximum absolute atomic E-state index is 13.2. The lowest BCUT2D eigenvalue weighted by Gasteiger charge is -2.16. The normalized spacial score (nSPS) is 11.9. The van der Waals surface area contributed by atoms with E-state index in [0.29, 0.717) is 11.5 Å². The van der Waals surface area contributed by atoms with Crippen LogP contribution in [0.5, 0.6) is 0 Å². The van der Waals surface area contributed by atoms with Crippen LogP contribution in [0.2, 0.25) is 0 Å². The maximum atomic E-state index is 13.2. The molecule has 3 aromatic rings. The van der Waals surface area contributed by atoms with Crippen LogP contribution in [0.25, 0.3) is 5.69 Å². The molecule has 0 saturated carbocycles. The minimum Gasteiger partial charge on any atom is -0.362 e. The molecule has 0 amide bonds. The summed E-state index contributed by atoms with van der Waals surface area (Å²) in [4.78, 5) is 7.28. The number of aromatic nitrogens is 3. The molecule has 11 heteroatoms. The van der Waals surface area contributed by atoms with Crippen molar-refractivity contribution in [3.63, 3.8) is 0 Å². The van der Waals surface area contributed by atoms with Crippen molar-refractivity contribution < 1.29 is 26.3 Å². The highest BCUT2D eigenvalue weighted by Gasteiger charge is 2.41. The molecule has 0 atom stereocenters. The third-order valence-electron chi connectivity index (χ3n) is 4.17. The molecule has 30 heavy (non-hydrogen) atoms. The number of hydrogen-bond acceptors (Lipinski definition) is 4. The van der Waals surface area contributed by atoms with Gasteiger partial charge in [0, 0.05) is 18.1 Å². The van der Waals surface area contributed by atoms with Crippen molar-refractivity contribution in [1.82, 2.24) is 14.5 Å². The summed E-state index contributed by atoms with van der Waals surface area (Å²) in [7, 11) is 0. The molecule has 3 rings (SSSR count). The highest BCUT2D eigenvalue weighted by atomic mass is 19.4. The van der Waals surface area contributed by atoms with E-state index in [1.165, 1.54) is 12.3 Å². The molecule has 0 spiro atoms. The SMILES string of the molecule is Cc1ccc(-n2ccnc2CNc2nc(C(F)(F)F)cc(C(F)(F)F)c2C#N)cc1. The first-order chi connectivity index (χ1) is 14.0. The number of alkyl halides is 6. The van der Waals surface area contributed by atoms with E-state index in [1.807, 2.05) is 19.1 Å². The van der Waals surface area contributed by atoms with Crippen LogP contribution in [0.4, 0.5) is 32.2 Å². The van der Waals surface area contributed by atoms with Crippen molar-refractivity contribution in [2.45, 2.75) is 25.8 Å². The zero-order chi connectivity index (χ0) is 22.1. The molecule has 0 bridgehead atoms. The summed E-state index contributed by atoms with van der Waals surface area (Å²) >= 11 is 0. The van der Waals surface area contributed by atoms with Gasteiger partial charge in [-0.05, 0) is 25.1 Å². The Kier molecular flexibility index (Phi) is 5.43. The van der Waals surface area contributed by atoms with Gasteiger partial charge in [0.05, 0.1) is 12.1 Å². The van der Waals surface area contributed by atoms with Crippen LogP contribution in [-0.4, -0.2) is 14.5 Å². The summed E-state index contributed by atoms with van der Waals surface area (Å²) in [5, 5.41) is 11.5. The van der Waals surface area contributed by atoms with Gasteiger partial charge in [-0.15, -0.1) is 0 Å². The van der Waals surface area contributed by atoms with Crippen LogP contribution in [0.15, 0.2) is 42.7 Å². The number of hydrogen-bond donors (Lipinski definition) is 1. The molecule has 0 aliphatic rings. The van der Waals surface area contributed by atoms with Gasteiger partial charge in [-0.2, -0.15) is 31.6 Å². The van der Waals surface area contributed by atoms with Crippen molar-refractivity contribution >= 4 is 5.82 Å². The highest BCUT2D eigenvalue weighted by Crippen LogP contribution is 2.38. The number of halogens is 6. The van der Waals surface area contributed by atoms with Gasteiger partial charge in [-0.25, -0.2) is 9.97 Å². The van der Waals surface area contributed by atoms with Gasteiger partial charge >= 0.3 is 12.4 Å². The highest BCUT2D eigenvalue weighted by molar-refractivity contribution is 5.58. The average Bonchev–Trinajstić information content (AvgIpc) is 3.13. The van der Waals surface area contributed by atoms with Gasteiger partial charge in [0.15, 0.2) is 0 Å². The van der Waals surface area contributed by atoms with E-state index in [4.69, 9.17) is 5.26 Å². The van der Waals surface area contributed by atoms with E-state index in [9.17, 15) is 26.3 Å². The Morgan fingerprint density at radius 2 is 1.73 bits per heavy atom. The minimum absolute atomic E-state index is 0.170. The molecule has 0 saturated heterocycles. The first-order valence-electron chi connectivity index (χ1n) is 8.43. The predicted molar refractivity (Wildman–Crippen MR) is 94.6 cm³/mol. The number of benzene rings is 1. The van der Waals surface area contributed by atoms with E-state index >= 15 is 0 Å². The third kappa shape index (κ3) is 4.37. The molecule has 1 N–H and O–H groups in total. The second-order valence-corrected chi connectivity index (χ2v) is 6.29. The summed E-state index contributed by atoms with van der Waals surface area (Å²) in [6.45, 7) is 1.63. The molecule has 0 fully saturated rings. The van der Waals surface area contributed by atoms with Crippen molar-refractivity contribution in [1.29, 1.82) is 5.26 Å². The lowest BCUT2D eigenvalue weighted by atomic mass is 10.1. The summed E-state index contributed by atoms with van der Waals surface area (Å²) in [5.41, 5.74) is -2.78. The van der Waals surface area contributed by atoms with Crippen LogP contribution >= 0.6 is 0 Å². The topological polar surface area (TPSA) is 66.5 Å². The molecule has 0 aliphatic heterocycles. The van der Waals surface area contributed by atoms with Crippen LogP contribution in [0.3, 0.4) is 0 Å². The van der Waals surface area contributed by atoms with Crippen LogP contribution in [0.1, 0.15) is 28.2 Å². The number of imidazole rings is 1. The number of nitriles is 1. The summed E-state index contributed by atoms with van der Waals surface area (Å²) < 4.78 is 80.4. The number of anilines is 1.